The van der Waals surface area contributed by atoms with Gasteiger partial charge in [-0.25, -0.2) is 0 Å². The van der Waals surface area contributed by atoms with Crippen LogP contribution in [0.15, 0.2) is 48.8 Å². The van der Waals surface area contributed by atoms with Gasteiger partial charge in [-0.15, -0.1) is 0 Å². The maximum atomic E-state index is 5.28. The van der Waals surface area contributed by atoms with Gasteiger partial charge in [0.25, 0.3) is 0 Å². The van der Waals surface area contributed by atoms with Gasteiger partial charge in [-0.05, 0) is 41.8 Å². The minimum atomic E-state index is 0.862. The molecule has 1 aromatic carbocycles. The number of hydrogen-bond donors (Lipinski definition) is 3. The van der Waals surface area contributed by atoms with Gasteiger partial charge in [0, 0.05) is 17.1 Å². The first kappa shape index (κ1) is 11.8. The van der Waals surface area contributed by atoms with Gasteiger partial charge in [-0.1, -0.05) is 0 Å². The molecule has 0 saturated heterocycles. The van der Waals surface area contributed by atoms with E-state index < -0.39 is 0 Å². The molecule has 1 aliphatic heterocycles. The summed E-state index contributed by atoms with van der Waals surface area (Å²) >= 11 is 0. The van der Waals surface area contributed by atoms with E-state index >= 15 is 0 Å². The number of benzene rings is 1. The van der Waals surface area contributed by atoms with Crippen molar-refractivity contribution in [2.75, 3.05) is 12.4 Å². The molecule has 0 radical (unpaired) electrons. The molecule has 2 aliphatic rings. The maximum absolute atomic E-state index is 5.28. The van der Waals surface area contributed by atoms with Crippen LogP contribution in [0.5, 0.6) is 5.75 Å². The lowest BCUT2D eigenvalue weighted by Crippen LogP contribution is -1.91. The fraction of sp³-hybridized carbons (Fsp3) is 0.0625. The van der Waals surface area contributed by atoms with Crippen LogP contribution < -0.4 is 10.1 Å². The average Bonchev–Trinajstić information content (AvgIpc) is 3.07. The Morgan fingerprint density at radius 2 is 2.10 bits per heavy atom. The monoisotopic (exact) mass is 278 g/mol. The number of methoxy groups -OCH3 is 1. The van der Waals surface area contributed by atoms with Crippen molar-refractivity contribution in [3.05, 3.63) is 48.8 Å². The van der Waals surface area contributed by atoms with Gasteiger partial charge >= 0.3 is 0 Å². The highest BCUT2D eigenvalue weighted by Gasteiger charge is 2.17. The Labute approximate surface area is 121 Å². The van der Waals surface area contributed by atoms with E-state index in [2.05, 4.69) is 32.6 Å². The molecule has 5 nitrogen and oxygen atoms in total. The van der Waals surface area contributed by atoms with Crippen LogP contribution in [0.4, 0.5) is 11.5 Å². The summed E-state index contributed by atoms with van der Waals surface area (Å²) in [5.74, 6) is 1.79. The quantitative estimate of drug-likeness (QED) is 0.534. The van der Waals surface area contributed by atoms with Crippen LogP contribution in [0.3, 0.4) is 0 Å². The van der Waals surface area contributed by atoms with E-state index in [0.717, 1.165) is 33.9 Å². The Kier molecular flexibility index (Phi) is 2.57. The maximum Gasteiger partial charge on any atom is 0.132 e. The summed E-state index contributed by atoms with van der Waals surface area (Å²) in [6.45, 7) is 0. The molecule has 1 aliphatic carbocycles. The van der Waals surface area contributed by atoms with Crippen molar-refractivity contribution in [3.63, 3.8) is 0 Å². The van der Waals surface area contributed by atoms with E-state index in [4.69, 9.17) is 4.74 Å². The molecule has 0 atom stereocenters. The van der Waals surface area contributed by atoms with Gasteiger partial charge in [-0.2, -0.15) is 0 Å². The summed E-state index contributed by atoms with van der Waals surface area (Å²) in [5, 5.41) is 12.0. The zero-order valence-electron chi connectivity index (χ0n) is 11.5. The van der Waals surface area contributed by atoms with Gasteiger partial charge in [-0.3, -0.25) is 15.2 Å². The SMILES string of the molecule is COc1ccc2c3[nH][nH]c(Nc4cccnc4)c-3cc2c1. The number of aromatic nitrogens is 3. The van der Waals surface area contributed by atoms with Crippen LogP contribution in [0.2, 0.25) is 0 Å². The van der Waals surface area contributed by atoms with E-state index in [1.807, 2.05) is 24.3 Å². The van der Waals surface area contributed by atoms with Gasteiger partial charge in [0.15, 0.2) is 0 Å². The minimum absolute atomic E-state index is 0.862. The molecule has 4 rings (SSSR count). The second-order valence-electron chi connectivity index (χ2n) is 4.88. The summed E-state index contributed by atoms with van der Waals surface area (Å²) < 4.78 is 5.28. The van der Waals surface area contributed by atoms with Crippen molar-refractivity contribution in [2.45, 2.75) is 0 Å². The van der Waals surface area contributed by atoms with Gasteiger partial charge in [0.05, 0.1) is 24.7 Å². The second-order valence-corrected chi connectivity index (χ2v) is 4.88. The van der Waals surface area contributed by atoms with Crippen molar-refractivity contribution in [2.24, 2.45) is 0 Å². The van der Waals surface area contributed by atoms with Crippen molar-refractivity contribution < 1.29 is 4.74 Å². The molecule has 0 saturated carbocycles. The number of H-pyrrole nitrogens is 2. The Bertz CT molecular complexity index is 863. The first-order valence-corrected chi connectivity index (χ1v) is 6.69. The number of nitrogens with zero attached hydrogens (tertiary/aromatic N) is 1. The van der Waals surface area contributed by atoms with Crippen LogP contribution >= 0.6 is 0 Å². The van der Waals surface area contributed by atoms with Gasteiger partial charge in [0.2, 0.25) is 0 Å². The van der Waals surface area contributed by atoms with Crippen LogP contribution in [-0.4, -0.2) is 22.3 Å². The molecule has 2 heterocycles. The summed E-state index contributed by atoms with van der Waals surface area (Å²) in [6, 6.07) is 12.1. The molecule has 0 unspecified atom stereocenters. The summed E-state index contributed by atoms with van der Waals surface area (Å²) in [7, 11) is 1.68. The van der Waals surface area contributed by atoms with E-state index in [9.17, 15) is 0 Å². The normalized spacial score (nSPS) is 11.1. The van der Waals surface area contributed by atoms with Crippen molar-refractivity contribution in [1.82, 2.24) is 15.2 Å². The number of pyridine rings is 1. The number of anilines is 2. The fourth-order valence-corrected chi connectivity index (χ4v) is 2.59. The van der Waals surface area contributed by atoms with E-state index in [-0.39, 0.29) is 0 Å². The Balaban J connectivity index is 1.79. The van der Waals surface area contributed by atoms with Crippen molar-refractivity contribution in [1.29, 1.82) is 0 Å². The zero-order chi connectivity index (χ0) is 14.2. The lowest BCUT2D eigenvalue weighted by molar-refractivity contribution is 0.415. The third-order valence-corrected chi connectivity index (χ3v) is 3.61. The summed E-state index contributed by atoms with van der Waals surface area (Å²) in [5.41, 5.74) is 3.14. The van der Waals surface area contributed by atoms with Crippen LogP contribution in [0.1, 0.15) is 0 Å². The molecule has 104 valence electrons. The minimum Gasteiger partial charge on any atom is -0.497 e. The summed E-state index contributed by atoms with van der Waals surface area (Å²) in [4.78, 5) is 4.11. The molecular weight excluding hydrogens is 264 g/mol. The fourth-order valence-electron chi connectivity index (χ4n) is 2.59. The largest absolute Gasteiger partial charge is 0.497 e. The first-order valence-electron chi connectivity index (χ1n) is 6.69. The van der Waals surface area contributed by atoms with Crippen LogP contribution in [0, 0.1) is 0 Å². The predicted octanol–water partition coefficient (Wildman–Crippen LogP) is 3.75. The number of hydrogen-bond acceptors (Lipinski definition) is 3. The van der Waals surface area contributed by atoms with Crippen molar-refractivity contribution in [3.8, 4) is 17.0 Å². The lowest BCUT2D eigenvalue weighted by Gasteiger charge is -2.03. The average molecular weight is 278 g/mol. The summed E-state index contributed by atoms with van der Waals surface area (Å²) in [6.07, 6.45) is 3.54. The molecule has 0 amide bonds. The topological polar surface area (TPSA) is 65.7 Å². The van der Waals surface area contributed by atoms with Gasteiger partial charge < -0.3 is 10.1 Å². The predicted molar refractivity (Wildman–Crippen MR) is 83.3 cm³/mol. The lowest BCUT2D eigenvalue weighted by atomic mass is 10.2. The molecule has 0 spiro atoms. The smallest absolute Gasteiger partial charge is 0.132 e. The number of fused-ring (bicyclic) bond motifs is 3. The Hall–Kier alpha value is -2.95. The van der Waals surface area contributed by atoms with Gasteiger partial charge in [0.1, 0.15) is 11.6 Å². The number of nitrogens with one attached hydrogen (secondary N) is 3. The number of ether oxygens (including phenoxy) is 1. The van der Waals surface area contributed by atoms with Crippen LogP contribution in [0.25, 0.3) is 22.0 Å². The van der Waals surface area contributed by atoms with E-state index in [1.54, 1.807) is 19.5 Å². The third kappa shape index (κ3) is 1.90. The molecule has 1 aromatic heterocycles. The van der Waals surface area contributed by atoms with E-state index in [1.165, 1.54) is 5.39 Å². The molecule has 2 aromatic rings. The number of aromatic amines is 2. The van der Waals surface area contributed by atoms with Crippen LogP contribution in [-0.2, 0) is 0 Å². The molecule has 5 heteroatoms. The third-order valence-electron chi connectivity index (χ3n) is 3.61. The molecule has 0 fully saturated rings. The molecule has 0 bridgehead atoms. The highest BCUT2D eigenvalue weighted by molar-refractivity contribution is 6.04. The highest BCUT2D eigenvalue weighted by Crippen LogP contribution is 2.39. The highest BCUT2D eigenvalue weighted by atomic mass is 16.5. The molecule has 21 heavy (non-hydrogen) atoms. The zero-order valence-corrected chi connectivity index (χ0v) is 11.5. The van der Waals surface area contributed by atoms with Crippen molar-refractivity contribution >= 4 is 22.3 Å². The van der Waals surface area contributed by atoms with E-state index in [0.29, 0.717) is 0 Å². The molecule has 3 N–H and O–H groups in total. The Morgan fingerprint density at radius 3 is 2.90 bits per heavy atom. The Morgan fingerprint density at radius 1 is 1.14 bits per heavy atom. The number of rotatable bonds is 3. The molecular formula is C16H14N4O. The first-order chi connectivity index (χ1) is 10.3. The standard InChI is InChI=1S/C16H14N4O/c1-21-12-4-5-13-10(7-12)8-14-15(13)19-20-16(14)18-11-3-2-6-17-9-11/h2-9,18-20H,1H3. The second kappa shape index (κ2) is 4.56.